The highest BCUT2D eigenvalue weighted by molar-refractivity contribution is 5.76. The van der Waals surface area contributed by atoms with E-state index in [1.807, 2.05) is 37.3 Å². The smallest absolute Gasteiger partial charge is 0.220 e. The molecular weight excluding hydrogens is 274 g/mol. The first-order valence-electron chi connectivity index (χ1n) is 7.67. The van der Waals surface area contributed by atoms with E-state index >= 15 is 0 Å². The van der Waals surface area contributed by atoms with Crippen LogP contribution in [0, 0.1) is 6.92 Å². The van der Waals surface area contributed by atoms with Gasteiger partial charge in [0.2, 0.25) is 5.91 Å². The number of carbonyl (C=O) groups is 1. The Morgan fingerprint density at radius 3 is 2.36 bits per heavy atom. The molecule has 0 saturated carbocycles. The molecule has 0 fully saturated rings. The number of aryl methyl sites for hydroxylation is 2. The van der Waals surface area contributed by atoms with Gasteiger partial charge in [-0.2, -0.15) is 0 Å². The van der Waals surface area contributed by atoms with Gasteiger partial charge in [-0.3, -0.25) is 4.79 Å². The summed E-state index contributed by atoms with van der Waals surface area (Å²) >= 11 is 0. The average molecular weight is 297 g/mol. The fourth-order valence-electron chi connectivity index (χ4n) is 2.37. The number of amides is 1. The van der Waals surface area contributed by atoms with Gasteiger partial charge < -0.3 is 10.4 Å². The summed E-state index contributed by atoms with van der Waals surface area (Å²) in [5, 5.41) is 12.3. The van der Waals surface area contributed by atoms with Crippen molar-refractivity contribution in [3.05, 3.63) is 71.3 Å². The van der Waals surface area contributed by atoms with Crippen LogP contribution in [-0.2, 0) is 17.6 Å². The van der Waals surface area contributed by atoms with Gasteiger partial charge in [-0.05, 0) is 30.9 Å². The van der Waals surface area contributed by atoms with Gasteiger partial charge in [-0.1, -0.05) is 60.2 Å². The topological polar surface area (TPSA) is 49.3 Å². The molecule has 2 rings (SSSR count). The van der Waals surface area contributed by atoms with Crippen LogP contribution in [-0.4, -0.2) is 23.7 Å². The fourth-order valence-corrected chi connectivity index (χ4v) is 2.37. The lowest BCUT2D eigenvalue weighted by Gasteiger charge is -2.16. The van der Waals surface area contributed by atoms with Crippen LogP contribution in [0.1, 0.15) is 23.1 Å². The molecule has 1 atom stereocenters. The van der Waals surface area contributed by atoms with Crippen molar-refractivity contribution in [1.29, 1.82) is 0 Å². The summed E-state index contributed by atoms with van der Waals surface area (Å²) in [6.45, 7) is 2.00. The summed E-state index contributed by atoms with van der Waals surface area (Å²) < 4.78 is 0. The van der Waals surface area contributed by atoms with E-state index in [0.717, 1.165) is 17.5 Å². The molecule has 2 N–H and O–H groups in total. The Bertz CT molecular complexity index is 578. The van der Waals surface area contributed by atoms with Crippen LogP contribution in [0.2, 0.25) is 0 Å². The largest absolute Gasteiger partial charge is 0.394 e. The molecular formula is C19H23NO2. The van der Waals surface area contributed by atoms with Gasteiger partial charge >= 0.3 is 0 Å². The van der Waals surface area contributed by atoms with Crippen molar-refractivity contribution < 1.29 is 9.90 Å². The first-order valence-corrected chi connectivity index (χ1v) is 7.67. The third kappa shape index (κ3) is 5.34. The maximum Gasteiger partial charge on any atom is 0.220 e. The summed E-state index contributed by atoms with van der Waals surface area (Å²) in [7, 11) is 0. The van der Waals surface area contributed by atoms with Gasteiger partial charge in [0.1, 0.15) is 0 Å². The number of aliphatic hydroxyl groups excluding tert-OH is 1. The SMILES string of the molecule is Cc1ccc(CCC(=O)NC(CO)Cc2ccccc2)cc1. The van der Waals surface area contributed by atoms with Gasteiger partial charge in [-0.15, -0.1) is 0 Å². The third-order valence-corrected chi connectivity index (χ3v) is 3.67. The van der Waals surface area contributed by atoms with Crippen LogP contribution in [0.15, 0.2) is 54.6 Å². The van der Waals surface area contributed by atoms with E-state index in [0.29, 0.717) is 12.8 Å². The maximum atomic E-state index is 12.0. The molecule has 22 heavy (non-hydrogen) atoms. The average Bonchev–Trinajstić information content (AvgIpc) is 2.54. The lowest BCUT2D eigenvalue weighted by Crippen LogP contribution is -2.39. The molecule has 2 aromatic carbocycles. The zero-order valence-corrected chi connectivity index (χ0v) is 13.0. The molecule has 0 radical (unpaired) electrons. The Morgan fingerprint density at radius 1 is 1.05 bits per heavy atom. The zero-order valence-electron chi connectivity index (χ0n) is 13.0. The summed E-state index contributed by atoms with van der Waals surface area (Å²) in [6.07, 6.45) is 1.80. The predicted molar refractivity (Wildman–Crippen MR) is 88.7 cm³/mol. The Hall–Kier alpha value is -2.13. The highest BCUT2D eigenvalue weighted by Crippen LogP contribution is 2.07. The molecule has 0 spiro atoms. The Kier molecular flexibility index (Phi) is 6.16. The first kappa shape index (κ1) is 16.2. The zero-order chi connectivity index (χ0) is 15.8. The van der Waals surface area contributed by atoms with Crippen LogP contribution in [0.5, 0.6) is 0 Å². The van der Waals surface area contributed by atoms with Crippen molar-refractivity contribution >= 4 is 5.91 Å². The van der Waals surface area contributed by atoms with E-state index < -0.39 is 0 Å². The second-order valence-corrected chi connectivity index (χ2v) is 5.62. The van der Waals surface area contributed by atoms with E-state index in [9.17, 15) is 9.90 Å². The maximum absolute atomic E-state index is 12.0. The standard InChI is InChI=1S/C19H23NO2/c1-15-7-9-16(10-8-15)11-12-19(22)20-18(14-21)13-17-5-3-2-4-6-17/h2-10,18,21H,11-14H2,1H3,(H,20,22). The van der Waals surface area contributed by atoms with Gasteiger partial charge in [0.15, 0.2) is 0 Å². The number of hydrogen-bond acceptors (Lipinski definition) is 2. The lowest BCUT2D eigenvalue weighted by molar-refractivity contribution is -0.122. The van der Waals surface area contributed by atoms with E-state index in [1.54, 1.807) is 0 Å². The van der Waals surface area contributed by atoms with E-state index in [4.69, 9.17) is 0 Å². The molecule has 1 unspecified atom stereocenters. The highest BCUT2D eigenvalue weighted by atomic mass is 16.3. The quantitative estimate of drug-likeness (QED) is 0.825. The Balaban J connectivity index is 1.80. The summed E-state index contributed by atoms with van der Waals surface area (Å²) in [6, 6.07) is 17.9. The minimum atomic E-state index is -0.229. The molecule has 3 heteroatoms. The molecule has 0 aliphatic heterocycles. The summed E-state index contributed by atoms with van der Waals surface area (Å²) in [4.78, 5) is 12.0. The highest BCUT2D eigenvalue weighted by Gasteiger charge is 2.12. The normalized spacial score (nSPS) is 11.9. The first-order chi connectivity index (χ1) is 10.7. The molecule has 0 aliphatic rings. The molecule has 0 heterocycles. The molecule has 0 aromatic heterocycles. The number of nitrogens with one attached hydrogen (secondary N) is 1. The van der Waals surface area contributed by atoms with Crippen molar-refractivity contribution in [3.63, 3.8) is 0 Å². The van der Waals surface area contributed by atoms with Crippen LogP contribution in [0.25, 0.3) is 0 Å². The number of carbonyl (C=O) groups excluding carboxylic acids is 1. The molecule has 0 bridgehead atoms. The Labute approximate surface area is 132 Å². The van der Waals surface area contributed by atoms with E-state index in [1.165, 1.54) is 5.56 Å². The summed E-state index contributed by atoms with van der Waals surface area (Å²) in [5.41, 5.74) is 3.49. The second kappa shape index (κ2) is 8.35. The van der Waals surface area contributed by atoms with Crippen molar-refractivity contribution in [1.82, 2.24) is 5.32 Å². The minimum absolute atomic E-state index is 0.0180. The lowest BCUT2D eigenvalue weighted by atomic mass is 10.1. The van der Waals surface area contributed by atoms with E-state index in [-0.39, 0.29) is 18.6 Å². The van der Waals surface area contributed by atoms with Crippen molar-refractivity contribution in [3.8, 4) is 0 Å². The van der Waals surface area contributed by atoms with Crippen molar-refractivity contribution in [2.45, 2.75) is 32.2 Å². The number of rotatable bonds is 7. The van der Waals surface area contributed by atoms with Crippen molar-refractivity contribution in [2.24, 2.45) is 0 Å². The number of hydrogen-bond donors (Lipinski definition) is 2. The molecule has 2 aromatic rings. The minimum Gasteiger partial charge on any atom is -0.394 e. The molecule has 1 amide bonds. The Morgan fingerprint density at radius 2 is 1.73 bits per heavy atom. The van der Waals surface area contributed by atoms with Gasteiger partial charge in [0.05, 0.1) is 12.6 Å². The van der Waals surface area contributed by atoms with Gasteiger partial charge in [0.25, 0.3) is 0 Å². The summed E-state index contributed by atoms with van der Waals surface area (Å²) in [5.74, 6) is -0.0180. The van der Waals surface area contributed by atoms with E-state index in [2.05, 4.69) is 29.6 Å². The molecule has 0 saturated heterocycles. The van der Waals surface area contributed by atoms with Gasteiger partial charge in [0, 0.05) is 6.42 Å². The number of aliphatic hydroxyl groups is 1. The molecule has 3 nitrogen and oxygen atoms in total. The second-order valence-electron chi connectivity index (χ2n) is 5.62. The number of benzene rings is 2. The molecule has 116 valence electrons. The van der Waals surface area contributed by atoms with Crippen LogP contribution in [0.4, 0.5) is 0 Å². The van der Waals surface area contributed by atoms with Crippen LogP contribution >= 0.6 is 0 Å². The predicted octanol–water partition coefficient (Wildman–Crippen LogP) is 2.65. The molecule has 0 aliphatic carbocycles. The van der Waals surface area contributed by atoms with Crippen molar-refractivity contribution in [2.75, 3.05) is 6.61 Å². The van der Waals surface area contributed by atoms with Crippen LogP contribution in [0.3, 0.4) is 0 Å². The third-order valence-electron chi connectivity index (χ3n) is 3.67. The van der Waals surface area contributed by atoms with Crippen LogP contribution < -0.4 is 5.32 Å². The fraction of sp³-hybridized carbons (Fsp3) is 0.316. The monoisotopic (exact) mass is 297 g/mol. The van der Waals surface area contributed by atoms with Gasteiger partial charge in [-0.25, -0.2) is 0 Å².